The maximum Gasteiger partial charge on any atom is 0.261 e. The summed E-state index contributed by atoms with van der Waals surface area (Å²) in [7, 11) is 1.61. The van der Waals surface area contributed by atoms with Gasteiger partial charge in [-0.15, -0.1) is 0 Å². The molecule has 0 bridgehead atoms. The topological polar surface area (TPSA) is 67.9 Å². The number of hydrogen-bond acceptors (Lipinski definition) is 4. The lowest BCUT2D eigenvalue weighted by atomic mass is 10.1. The molecule has 0 fully saturated rings. The minimum Gasteiger partial charge on any atom is -0.497 e. The molecule has 180 valence electrons. The number of hydrogen-bond donors (Lipinski definition) is 1. The first-order chi connectivity index (χ1) is 16.5. The fourth-order valence-electron chi connectivity index (χ4n) is 3.83. The van der Waals surface area contributed by atoms with Crippen molar-refractivity contribution in [2.24, 2.45) is 0 Å². The van der Waals surface area contributed by atoms with Crippen molar-refractivity contribution in [3.8, 4) is 11.5 Å². The third-order valence-electron chi connectivity index (χ3n) is 6.00. The molecule has 0 saturated carbocycles. The molecule has 0 aliphatic heterocycles. The van der Waals surface area contributed by atoms with Crippen molar-refractivity contribution in [2.75, 3.05) is 13.7 Å². The van der Waals surface area contributed by atoms with Gasteiger partial charge in [-0.2, -0.15) is 0 Å². The third-order valence-corrected chi connectivity index (χ3v) is 6.00. The fraction of sp³-hybridized carbons (Fsp3) is 0.357. The molecule has 3 aromatic rings. The number of methoxy groups -OCH3 is 1. The van der Waals surface area contributed by atoms with E-state index in [4.69, 9.17) is 9.47 Å². The average molecular weight is 463 g/mol. The van der Waals surface area contributed by atoms with E-state index in [9.17, 15) is 9.59 Å². The number of nitrogens with one attached hydrogen (secondary N) is 1. The van der Waals surface area contributed by atoms with Gasteiger partial charge in [-0.1, -0.05) is 62.4 Å². The Hall–Kier alpha value is -3.54. The highest BCUT2D eigenvalue weighted by Crippen LogP contribution is 2.25. The van der Waals surface area contributed by atoms with Crippen LogP contribution in [0.4, 0.5) is 0 Å². The van der Waals surface area contributed by atoms with Crippen LogP contribution < -0.4 is 14.8 Å². The Balaban J connectivity index is 1.82. The number of rotatable bonds is 11. The second-order valence-electron chi connectivity index (χ2n) is 8.38. The normalized spacial score (nSPS) is 12.6. The van der Waals surface area contributed by atoms with Gasteiger partial charge in [0.25, 0.3) is 5.91 Å². The van der Waals surface area contributed by atoms with Crippen LogP contribution in [-0.4, -0.2) is 42.5 Å². The van der Waals surface area contributed by atoms with Crippen LogP contribution in [0.15, 0.2) is 66.7 Å². The molecule has 6 heteroatoms. The first-order valence-corrected chi connectivity index (χ1v) is 11.8. The van der Waals surface area contributed by atoms with Gasteiger partial charge >= 0.3 is 0 Å². The zero-order chi connectivity index (χ0) is 24.5. The van der Waals surface area contributed by atoms with Crippen LogP contribution >= 0.6 is 0 Å². The molecule has 2 atom stereocenters. The number of fused-ring (bicyclic) bond motifs is 1. The Bertz CT molecular complexity index is 1090. The van der Waals surface area contributed by atoms with Crippen molar-refractivity contribution < 1.29 is 19.1 Å². The molecule has 1 N–H and O–H groups in total. The second-order valence-corrected chi connectivity index (χ2v) is 8.38. The quantitative estimate of drug-likeness (QED) is 0.438. The molecule has 2 amide bonds. The number of amides is 2. The first kappa shape index (κ1) is 25.1. The molecule has 3 aromatic carbocycles. The summed E-state index contributed by atoms with van der Waals surface area (Å²) in [6, 6.07) is 20.6. The third kappa shape index (κ3) is 6.28. The lowest BCUT2D eigenvalue weighted by Crippen LogP contribution is -2.51. The SMILES string of the molecule is CC[C@@H](C)NC(=O)[C@H](CC)N(Cc1ccc(OC)cc1)C(=O)COc1cccc2ccccc12. The molecule has 0 aliphatic carbocycles. The fourth-order valence-corrected chi connectivity index (χ4v) is 3.83. The van der Waals surface area contributed by atoms with E-state index >= 15 is 0 Å². The Morgan fingerprint density at radius 1 is 0.941 bits per heavy atom. The summed E-state index contributed by atoms with van der Waals surface area (Å²) in [5, 5.41) is 5.01. The van der Waals surface area contributed by atoms with Gasteiger partial charge in [-0.05, 0) is 48.9 Å². The molecule has 0 saturated heterocycles. The molecule has 0 unspecified atom stereocenters. The predicted molar refractivity (Wildman–Crippen MR) is 135 cm³/mol. The number of benzene rings is 3. The molecular weight excluding hydrogens is 428 g/mol. The highest BCUT2D eigenvalue weighted by molar-refractivity contribution is 5.90. The summed E-state index contributed by atoms with van der Waals surface area (Å²) in [5.41, 5.74) is 0.911. The van der Waals surface area contributed by atoms with Crippen molar-refractivity contribution in [3.05, 3.63) is 72.3 Å². The van der Waals surface area contributed by atoms with E-state index in [0.717, 1.165) is 28.5 Å². The summed E-state index contributed by atoms with van der Waals surface area (Å²) >= 11 is 0. The molecule has 34 heavy (non-hydrogen) atoms. The largest absolute Gasteiger partial charge is 0.497 e. The molecule has 0 radical (unpaired) electrons. The lowest BCUT2D eigenvalue weighted by Gasteiger charge is -2.31. The number of ether oxygens (including phenoxy) is 2. The molecule has 0 aliphatic rings. The van der Waals surface area contributed by atoms with Gasteiger partial charge in [-0.25, -0.2) is 0 Å². The highest BCUT2D eigenvalue weighted by atomic mass is 16.5. The summed E-state index contributed by atoms with van der Waals surface area (Å²) in [6.07, 6.45) is 1.32. The summed E-state index contributed by atoms with van der Waals surface area (Å²) in [4.78, 5) is 28.1. The van der Waals surface area contributed by atoms with E-state index in [-0.39, 0.29) is 24.5 Å². The van der Waals surface area contributed by atoms with Crippen LogP contribution in [0.2, 0.25) is 0 Å². The smallest absolute Gasteiger partial charge is 0.261 e. The van der Waals surface area contributed by atoms with E-state index in [1.54, 1.807) is 12.0 Å². The van der Waals surface area contributed by atoms with Crippen LogP contribution in [0.1, 0.15) is 39.2 Å². The van der Waals surface area contributed by atoms with Gasteiger partial charge in [0.05, 0.1) is 7.11 Å². The van der Waals surface area contributed by atoms with Crippen LogP contribution in [0.3, 0.4) is 0 Å². The number of carbonyl (C=O) groups excluding carboxylic acids is 2. The van der Waals surface area contributed by atoms with Crippen LogP contribution in [0.5, 0.6) is 11.5 Å². The molecule has 0 spiro atoms. The van der Waals surface area contributed by atoms with Crippen LogP contribution in [0, 0.1) is 0 Å². The van der Waals surface area contributed by atoms with Crippen molar-refractivity contribution in [1.82, 2.24) is 10.2 Å². The van der Waals surface area contributed by atoms with Gasteiger partial charge in [0, 0.05) is 18.0 Å². The van der Waals surface area contributed by atoms with Crippen molar-refractivity contribution in [2.45, 2.75) is 52.2 Å². The van der Waals surface area contributed by atoms with E-state index in [1.807, 2.05) is 87.5 Å². The maximum absolute atomic E-state index is 13.4. The minimum atomic E-state index is -0.597. The van der Waals surface area contributed by atoms with Crippen LogP contribution in [-0.2, 0) is 16.1 Å². The standard InChI is InChI=1S/C28H34N2O4/c1-5-20(3)29-28(32)25(6-2)30(18-21-14-16-23(33-4)17-15-21)27(31)19-34-26-13-9-11-22-10-7-8-12-24(22)26/h7-17,20,25H,5-6,18-19H2,1-4H3,(H,29,32)/t20-,25+/m1/s1. The maximum atomic E-state index is 13.4. The van der Waals surface area contributed by atoms with Crippen LogP contribution in [0.25, 0.3) is 10.8 Å². The molecule has 0 heterocycles. The van der Waals surface area contributed by atoms with Gasteiger partial charge in [0.15, 0.2) is 6.61 Å². The van der Waals surface area contributed by atoms with E-state index in [0.29, 0.717) is 18.7 Å². The first-order valence-electron chi connectivity index (χ1n) is 11.8. The van der Waals surface area contributed by atoms with E-state index in [1.165, 1.54) is 0 Å². The number of carbonyl (C=O) groups is 2. The Labute approximate surface area is 201 Å². The van der Waals surface area contributed by atoms with Crippen molar-refractivity contribution in [3.63, 3.8) is 0 Å². The van der Waals surface area contributed by atoms with E-state index in [2.05, 4.69) is 5.32 Å². The summed E-state index contributed by atoms with van der Waals surface area (Å²) in [6.45, 7) is 6.04. The zero-order valence-electron chi connectivity index (χ0n) is 20.4. The van der Waals surface area contributed by atoms with Crippen molar-refractivity contribution >= 4 is 22.6 Å². The number of nitrogens with zero attached hydrogens (tertiary/aromatic N) is 1. The van der Waals surface area contributed by atoms with Gasteiger partial charge in [-0.3, -0.25) is 9.59 Å². The molecule has 0 aromatic heterocycles. The van der Waals surface area contributed by atoms with E-state index < -0.39 is 6.04 Å². The monoisotopic (exact) mass is 462 g/mol. The Kier molecular flexibility index (Phi) is 8.91. The van der Waals surface area contributed by atoms with Crippen molar-refractivity contribution in [1.29, 1.82) is 0 Å². The predicted octanol–water partition coefficient (Wildman–Crippen LogP) is 4.95. The van der Waals surface area contributed by atoms with Gasteiger partial charge in [0.1, 0.15) is 17.5 Å². The molecule has 6 nitrogen and oxygen atoms in total. The van der Waals surface area contributed by atoms with Gasteiger partial charge in [0.2, 0.25) is 5.91 Å². The highest BCUT2D eigenvalue weighted by Gasteiger charge is 2.29. The molecular formula is C28H34N2O4. The Morgan fingerprint density at radius 2 is 1.65 bits per heavy atom. The molecule has 3 rings (SSSR count). The lowest BCUT2D eigenvalue weighted by molar-refractivity contribution is -0.143. The summed E-state index contributed by atoms with van der Waals surface area (Å²) < 4.78 is 11.2. The summed E-state index contributed by atoms with van der Waals surface area (Å²) in [5.74, 6) is 0.995. The minimum absolute atomic E-state index is 0.0337. The second kappa shape index (κ2) is 12.1. The zero-order valence-corrected chi connectivity index (χ0v) is 20.4. The average Bonchev–Trinajstić information content (AvgIpc) is 2.87. The Morgan fingerprint density at radius 3 is 2.32 bits per heavy atom. The van der Waals surface area contributed by atoms with Gasteiger partial charge < -0.3 is 19.7 Å².